The van der Waals surface area contributed by atoms with Gasteiger partial charge in [-0.1, -0.05) is 15.9 Å². The Labute approximate surface area is 112 Å². The van der Waals surface area contributed by atoms with Gasteiger partial charge in [0.2, 0.25) is 0 Å². The molecular formula is C11H11BrN4O2. The molecular weight excluding hydrogens is 300 g/mol. The Kier molecular flexibility index (Phi) is 3.61. The average Bonchev–Trinajstić information content (AvgIpc) is 2.73. The highest BCUT2D eigenvalue weighted by atomic mass is 79.9. The molecule has 0 saturated heterocycles. The van der Waals surface area contributed by atoms with Crippen molar-refractivity contribution in [3.8, 4) is 0 Å². The highest BCUT2D eigenvalue weighted by Gasteiger charge is 2.14. The molecule has 0 radical (unpaired) electrons. The van der Waals surface area contributed by atoms with Crippen LogP contribution in [0, 0.1) is 10.1 Å². The number of anilines is 1. The van der Waals surface area contributed by atoms with Gasteiger partial charge in [0.15, 0.2) is 0 Å². The Balaban J connectivity index is 2.19. The zero-order chi connectivity index (χ0) is 13.1. The Morgan fingerprint density at radius 3 is 2.94 bits per heavy atom. The van der Waals surface area contributed by atoms with E-state index in [0.717, 1.165) is 5.69 Å². The molecule has 0 fully saturated rings. The molecule has 2 rings (SSSR count). The summed E-state index contributed by atoms with van der Waals surface area (Å²) in [7, 11) is 1.88. The van der Waals surface area contributed by atoms with Crippen molar-refractivity contribution in [1.82, 2.24) is 9.55 Å². The smallest absolute Gasteiger partial charge is 0.293 e. The van der Waals surface area contributed by atoms with Crippen molar-refractivity contribution in [1.29, 1.82) is 0 Å². The summed E-state index contributed by atoms with van der Waals surface area (Å²) in [6.45, 7) is 0.485. The Morgan fingerprint density at radius 2 is 2.33 bits per heavy atom. The van der Waals surface area contributed by atoms with Gasteiger partial charge in [-0.2, -0.15) is 0 Å². The molecule has 1 heterocycles. The number of nitro benzene ring substituents is 1. The van der Waals surface area contributed by atoms with Crippen molar-refractivity contribution in [2.45, 2.75) is 6.54 Å². The van der Waals surface area contributed by atoms with Gasteiger partial charge < -0.3 is 9.88 Å². The molecule has 18 heavy (non-hydrogen) atoms. The van der Waals surface area contributed by atoms with Gasteiger partial charge in [-0.15, -0.1) is 0 Å². The zero-order valence-electron chi connectivity index (χ0n) is 9.63. The zero-order valence-corrected chi connectivity index (χ0v) is 11.2. The summed E-state index contributed by atoms with van der Waals surface area (Å²) in [4.78, 5) is 14.5. The number of nitro groups is 1. The highest BCUT2D eigenvalue weighted by molar-refractivity contribution is 9.10. The van der Waals surface area contributed by atoms with E-state index in [1.54, 1.807) is 24.7 Å². The van der Waals surface area contributed by atoms with Crippen molar-refractivity contribution >= 4 is 27.3 Å². The van der Waals surface area contributed by atoms with Crippen LogP contribution in [-0.4, -0.2) is 14.5 Å². The van der Waals surface area contributed by atoms with Crippen LogP contribution < -0.4 is 5.32 Å². The Bertz CT molecular complexity index is 582. The average molecular weight is 311 g/mol. The number of imidazole rings is 1. The summed E-state index contributed by atoms with van der Waals surface area (Å²) in [6, 6.07) is 4.92. The third kappa shape index (κ3) is 2.67. The van der Waals surface area contributed by atoms with E-state index < -0.39 is 4.92 Å². The van der Waals surface area contributed by atoms with Crippen molar-refractivity contribution in [3.05, 3.63) is 51.0 Å². The number of nitrogens with zero attached hydrogens (tertiary/aromatic N) is 3. The Hall–Kier alpha value is -1.89. The van der Waals surface area contributed by atoms with E-state index in [1.165, 1.54) is 6.07 Å². The van der Waals surface area contributed by atoms with Gasteiger partial charge in [0.25, 0.3) is 5.69 Å². The molecule has 0 aliphatic heterocycles. The van der Waals surface area contributed by atoms with Crippen LogP contribution in [0.4, 0.5) is 11.4 Å². The summed E-state index contributed by atoms with van der Waals surface area (Å²) in [5.41, 5.74) is 1.49. The van der Waals surface area contributed by atoms with Gasteiger partial charge >= 0.3 is 0 Å². The van der Waals surface area contributed by atoms with E-state index in [0.29, 0.717) is 16.7 Å². The van der Waals surface area contributed by atoms with Gasteiger partial charge in [-0.25, -0.2) is 4.98 Å². The molecule has 1 aromatic carbocycles. The molecule has 0 amide bonds. The number of benzene rings is 1. The molecule has 1 N–H and O–H groups in total. The maximum atomic E-state index is 10.9. The van der Waals surface area contributed by atoms with Crippen molar-refractivity contribution < 1.29 is 4.92 Å². The molecule has 7 heteroatoms. The van der Waals surface area contributed by atoms with Crippen molar-refractivity contribution in [3.63, 3.8) is 0 Å². The van der Waals surface area contributed by atoms with Gasteiger partial charge in [-0.3, -0.25) is 10.1 Å². The number of nitrogens with one attached hydrogen (secondary N) is 1. The van der Waals surface area contributed by atoms with E-state index in [4.69, 9.17) is 0 Å². The normalized spacial score (nSPS) is 10.3. The van der Waals surface area contributed by atoms with Gasteiger partial charge in [0, 0.05) is 23.8 Å². The predicted octanol–water partition coefficient (Wildman–Crippen LogP) is 2.70. The van der Waals surface area contributed by atoms with Crippen LogP contribution in [0.15, 0.2) is 35.2 Å². The minimum absolute atomic E-state index is 0.0477. The number of halogens is 1. The number of rotatable bonds is 4. The van der Waals surface area contributed by atoms with Crippen LogP contribution >= 0.6 is 15.9 Å². The Morgan fingerprint density at radius 1 is 1.56 bits per heavy atom. The summed E-state index contributed by atoms with van der Waals surface area (Å²) in [6.07, 6.45) is 3.41. The monoisotopic (exact) mass is 310 g/mol. The molecule has 0 spiro atoms. The van der Waals surface area contributed by atoms with Gasteiger partial charge in [-0.05, 0) is 12.1 Å². The van der Waals surface area contributed by atoms with E-state index in [9.17, 15) is 10.1 Å². The summed E-state index contributed by atoms with van der Waals surface area (Å²) in [5, 5.41) is 14.0. The van der Waals surface area contributed by atoms with E-state index >= 15 is 0 Å². The number of hydrogen-bond acceptors (Lipinski definition) is 4. The molecule has 6 nitrogen and oxygen atoms in total. The first-order valence-electron chi connectivity index (χ1n) is 5.21. The molecule has 0 aliphatic carbocycles. The minimum Gasteiger partial charge on any atom is -0.374 e. The van der Waals surface area contributed by atoms with Crippen molar-refractivity contribution in [2.75, 3.05) is 5.32 Å². The lowest BCUT2D eigenvalue weighted by molar-refractivity contribution is -0.384. The molecule has 0 atom stereocenters. The first-order chi connectivity index (χ1) is 8.58. The summed E-state index contributed by atoms with van der Waals surface area (Å²) in [5.74, 6) is 0. The molecule has 0 bridgehead atoms. The standard InChI is InChI=1S/C11H11BrN4O2/c1-15-7-13-5-9(15)6-14-10-3-2-8(12)4-11(10)16(17)18/h2-5,7,14H,6H2,1H3. The number of hydrogen-bond donors (Lipinski definition) is 1. The lowest BCUT2D eigenvalue weighted by atomic mass is 10.2. The fourth-order valence-corrected chi connectivity index (χ4v) is 1.90. The lowest BCUT2D eigenvalue weighted by Gasteiger charge is -2.07. The predicted molar refractivity (Wildman–Crippen MR) is 71.3 cm³/mol. The quantitative estimate of drug-likeness (QED) is 0.696. The topological polar surface area (TPSA) is 73.0 Å². The van der Waals surface area contributed by atoms with E-state index in [-0.39, 0.29) is 5.69 Å². The summed E-state index contributed by atoms with van der Waals surface area (Å²) >= 11 is 3.22. The first-order valence-corrected chi connectivity index (χ1v) is 6.00. The fraction of sp³-hybridized carbons (Fsp3) is 0.182. The number of aryl methyl sites for hydroxylation is 1. The first kappa shape index (κ1) is 12.6. The second-order valence-electron chi connectivity index (χ2n) is 3.77. The third-order valence-electron chi connectivity index (χ3n) is 2.53. The van der Waals surface area contributed by atoms with Crippen molar-refractivity contribution in [2.24, 2.45) is 7.05 Å². The van der Waals surface area contributed by atoms with Crippen LogP contribution in [0.2, 0.25) is 0 Å². The minimum atomic E-state index is -0.406. The van der Waals surface area contributed by atoms with Crippen LogP contribution in [0.25, 0.3) is 0 Å². The second-order valence-corrected chi connectivity index (χ2v) is 4.68. The highest BCUT2D eigenvalue weighted by Crippen LogP contribution is 2.28. The SMILES string of the molecule is Cn1cncc1CNc1ccc(Br)cc1[N+](=O)[O-]. The van der Waals surface area contributed by atoms with Crippen LogP contribution in [-0.2, 0) is 13.6 Å². The maximum absolute atomic E-state index is 10.9. The largest absolute Gasteiger partial charge is 0.374 e. The molecule has 0 saturated carbocycles. The summed E-state index contributed by atoms with van der Waals surface area (Å²) < 4.78 is 2.54. The molecule has 0 aliphatic rings. The van der Waals surface area contributed by atoms with Crippen LogP contribution in [0.5, 0.6) is 0 Å². The van der Waals surface area contributed by atoms with Gasteiger partial charge in [0.05, 0.1) is 23.5 Å². The molecule has 94 valence electrons. The fourth-order valence-electron chi connectivity index (χ4n) is 1.55. The third-order valence-corrected chi connectivity index (χ3v) is 3.03. The maximum Gasteiger partial charge on any atom is 0.293 e. The molecule has 2 aromatic rings. The van der Waals surface area contributed by atoms with E-state index in [2.05, 4.69) is 26.2 Å². The van der Waals surface area contributed by atoms with Crippen LogP contribution in [0.1, 0.15) is 5.69 Å². The second kappa shape index (κ2) is 5.18. The lowest BCUT2D eigenvalue weighted by Crippen LogP contribution is -2.05. The molecule has 1 aromatic heterocycles. The van der Waals surface area contributed by atoms with Crippen LogP contribution in [0.3, 0.4) is 0 Å². The van der Waals surface area contributed by atoms with Gasteiger partial charge in [0.1, 0.15) is 5.69 Å². The van der Waals surface area contributed by atoms with E-state index in [1.807, 2.05) is 11.6 Å². The molecule has 0 unspecified atom stereocenters. The number of aromatic nitrogens is 2.